The van der Waals surface area contributed by atoms with Crippen LogP contribution in [-0.2, 0) is 10.9 Å². The summed E-state index contributed by atoms with van der Waals surface area (Å²) in [6.45, 7) is -0.164. The average molecular weight is 660 g/mol. The molecule has 0 bridgehead atoms. The molecule has 0 amide bonds. The number of hydrogen-bond donors (Lipinski definition) is 0. The van der Waals surface area contributed by atoms with E-state index in [0.29, 0.717) is 23.9 Å². The molecule has 1 aliphatic rings. The highest BCUT2D eigenvalue weighted by Crippen LogP contribution is 2.43. The fraction of sp³-hybridized carbons (Fsp3) is 0.400. The van der Waals surface area contributed by atoms with Gasteiger partial charge in [0.05, 0.1) is 50.3 Å². The van der Waals surface area contributed by atoms with Gasteiger partial charge in [0.15, 0.2) is 5.78 Å². The Hall–Kier alpha value is -1.60. The van der Waals surface area contributed by atoms with E-state index >= 15 is 0 Å². The van der Waals surface area contributed by atoms with Crippen molar-refractivity contribution in [3.05, 3.63) is 73.7 Å². The van der Waals surface area contributed by atoms with Crippen molar-refractivity contribution in [2.24, 2.45) is 0 Å². The third kappa shape index (κ3) is 8.47. The summed E-state index contributed by atoms with van der Waals surface area (Å²) in [6.07, 6.45) is -13.6. The Morgan fingerprint density at radius 1 is 0.975 bits per heavy atom. The zero-order valence-electron chi connectivity index (χ0n) is 19.9. The first-order valence-corrected chi connectivity index (χ1v) is 13.4. The lowest BCUT2D eigenvalue weighted by atomic mass is 9.92. The van der Waals surface area contributed by atoms with Crippen LogP contribution in [0.3, 0.4) is 0 Å². The number of thioether (sulfide) groups is 1. The van der Waals surface area contributed by atoms with Crippen LogP contribution in [0.4, 0.5) is 39.5 Å². The summed E-state index contributed by atoms with van der Waals surface area (Å²) in [7, 11) is 0. The molecule has 0 aromatic heterocycles. The van der Waals surface area contributed by atoms with Gasteiger partial charge in [0, 0.05) is 12.0 Å². The predicted octanol–water partition coefficient (Wildman–Crippen LogP) is 10.1. The number of Topliss-reactive ketones (excluding diaryl/α,β-unsaturated/α-hetero) is 1. The second kappa shape index (κ2) is 12.3. The van der Waals surface area contributed by atoms with E-state index in [1.165, 1.54) is 0 Å². The van der Waals surface area contributed by atoms with Crippen molar-refractivity contribution in [3.8, 4) is 0 Å². The number of ketones is 1. The van der Waals surface area contributed by atoms with E-state index < -0.39 is 63.8 Å². The molecule has 1 fully saturated rings. The SMILES string of the molecule is O=C(CCC1(SCC(F)(F)F)COC1)c1ccc(/C=C/C(c2cc(Cl)c(Cl)c(Cl)c2)C(F)(F)F)cc1C(F)(F)F. The molecular weight excluding hydrogens is 642 g/mol. The van der Waals surface area contributed by atoms with E-state index in [-0.39, 0.29) is 40.3 Å². The van der Waals surface area contributed by atoms with Gasteiger partial charge in [-0.15, -0.1) is 11.8 Å². The van der Waals surface area contributed by atoms with Crippen LogP contribution < -0.4 is 0 Å². The minimum Gasteiger partial charge on any atom is -0.378 e. The first kappa shape index (κ1) is 32.9. The molecule has 0 radical (unpaired) electrons. The van der Waals surface area contributed by atoms with Crippen LogP contribution in [0.2, 0.25) is 15.1 Å². The Labute approximate surface area is 241 Å². The highest BCUT2D eigenvalue weighted by molar-refractivity contribution is 8.00. The van der Waals surface area contributed by atoms with Crippen LogP contribution in [0.5, 0.6) is 0 Å². The summed E-state index contributed by atoms with van der Waals surface area (Å²) in [5.74, 6) is -4.47. The maximum atomic E-state index is 13.8. The standard InChI is InChI=1S/C25H18Cl3F9O2S/c26-18-8-14(9-19(27)21(18)28)16(24(32,33)34)4-2-13-1-3-15(17(7-13)25(35,36)37)20(38)5-6-22(10-39-11-22)40-12-23(29,30)31/h1-4,7-9,16H,5-6,10-12H2/b4-2+. The second-order valence-corrected chi connectivity index (χ2v) is 11.6. The molecule has 220 valence electrons. The molecule has 2 aromatic carbocycles. The van der Waals surface area contributed by atoms with Crippen LogP contribution >= 0.6 is 46.6 Å². The fourth-order valence-corrected chi connectivity index (χ4v) is 5.52. The molecule has 2 nitrogen and oxygen atoms in total. The Kier molecular flexibility index (Phi) is 10.1. The molecule has 1 aliphatic heterocycles. The lowest BCUT2D eigenvalue weighted by molar-refractivity contribution is -0.139. The molecule has 2 aromatic rings. The van der Waals surface area contributed by atoms with Crippen molar-refractivity contribution in [2.75, 3.05) is 19.0 Å². The summed E-state index contributed by atoms with van der Waals surface area (Å²) in [5, 5.41) is -0.663. The van der Waals surface area contributed by atoms with E-state index in [4.69, 9.17) is 39.5 Å². The van der Waals surface area contributed by atoms with Gasteiger partial charge < -0.3 is 4.74 Å². The number of hydrogen-bond acceptors (Lipinski definition) is 3. The van der Waals surface area contributed by atoms with Crippen molar-refractivity contribution < 1.29 is 49.0 Å². The van der Waals surface area contributed by atoms with Gasteiger partial charge in [0.2, 0.25) is 0 Å². The van der Waals surface area contributed by atoms with Gasteiger partial charge in [0.25, 0.3) is 0 Å². The molecule has 3 rings (SSSR count). The number of carbonyl (C=O) groups is 1. The zero-order valence-corrected chi connectivity index (χ0v) is 23.0. The Bertz CT molecular complexity index is 1250. The number of carbonyl (C=O) groups excluding carboxylic acids is 1. The zero-order chi connectivity index (χ0) is 30.1. The third-order valence-electron chi connectivity index (χ3n) is 5.93. The smallest absolute Gasteiger partial charge is 0.378 e. The van der Waals surface area contributed by atoms with Crippen LogP contribution in [0.25, 0.3) is 6.08 Å². The lowest BCUT2D eigenvalue weighted by Gasteiger charge is -2.41. The van der Waals surface area contributed by atoms with E-state index in [1.54, 1.807) is 0 Å². The normalized spacial score (nSPS) is 16.7. The van der Waals surface area contributed by atoms with Gasteiger partial charge in [-0.05, 0) is 35.7 Å². The largest absolute Gasteiger partial charge is 0.417 e. The van der Waals surface area contributed by atoms with E-state index in [0.717, 1.165) is 30.3 Å². The fourth-order valence-electron chi connectivity index (χ4n) is 3.85. The van der Waals surface area contributed by atoms with Crippen molar-refractivity contribution in [1.29, 1.82) is 0 Å². The van der Waals surface area contributed by atoms with Gasteiger partial charge in [-0.2, -0.15) is 39.5 Å². The number of rotatable bonds is 9. The van der Waals surface area contributed by atoms with E-state index in [1.807, 2.05) is 0 Å². The number of ether oxygens (including phenoxy) is 1. The Morgan fingerprint density at radius 3 is 2.05 bits per heavy atom. The summed E-state index contributed by atoms with van der Waals surface area (Å²) in [6, 6.07) is 4.27. The number of benzene rings is 2. The van der Waals surface area contributed by atoms with Crippen molar-refractivity contribution in [2.45, 2.75) is 42.0 Å². The van der Waals surface area contributed by atoms with Crippen molar-refractivity contribution in [3.63, 3.8) is 0 Å². The summed E-state index contributed by atoms with van der Waals surface area (Å²) >= 11 is 18.0. The molecule has 0 N–H and O–H groups in total. The summed E-state index contributed by atoms with van der Waals surface area (Å²) in [4.78, 5) is 12.7. The molecule has 0 aliphatic carbocycles. The number of halogens is 12. The maximum absolute atomic E-state index is 13.8. The molecule has 1 atom stereocenters. The van der Waals surface area contributed by atoms with Crippen LogP contribution in [0.1, 0.15) is 45.8 Å². The molecule has 15 heteroatoms. The second-order valence-electron chi connectivity index (χ2n) is 8.98. The minimum absolute atomic E-state index is 0.0820. The summed E-state index contributed by atoms with van der Waals surface area (Å²) in [5.41, 5.74) is -2.82. The van der Waals surface area contributed by atoms with E-state index in [2.05, 4.69) is 0 Å². The summed E-state index contributed by atoms with van der Waals surface area (Å²) < 4.78 is 125. The topological polar surface area (TPSA) is 26.3 Å². The van der Waals surface area contributed by atoms with Crippen LogP contribution in [0, 0.1) is 0 Å². The number of allylic oxidation sites excluding steroid dienone is 1. The van der Waals surface area contributed by atoms with Gasteiger partial charge in [-0.3, -0.25) is 4.79 Å². The van der Waals surface area contributed by atoms with Crippen molar-refractivity contribution in [1.82, 2.24) is 0 Å². The van der Waals surface area contributed by atoms with Gasteiger partial charge in [-0.1, -0.05) is 59.1 Å². The maximum Gasteiger partial charge on any atom is 0.417 e. The quantitative estimate of drug-likeness (QED) is 0.152. The monoisotopic (exact) mass is 658 g/mol. The van der Waals surface area contributed by atoms with Crippen molar-refractivity contribution >= 4 is 58.4 Å². The molecule has 1 unspecified atom stereocenters. The Balaban J connectivity index is 1.86. The van der Waals surface area contributed by atoms with Gasteiger partial charge in [-0.25, -0.2) is 0 Å². The molecule has 0 spiro atoms. The number of alkyl halides is 9. The van der Waals surface area contributed by atoms with Gasteiger partial charge >= 0.3 is 18.5 Å². The molecule has 40 heavy (non-hydrogen) atoms. The average Bonchev–Trinajstić information content (AvgIpc) is 2.79. The highest BCUT2D eigenvalue weighted by Gasteiger charge is 2.44. The predicted molar refractivity (Wildman–Crippen MR) is 136 cm³/mol. The molecular formula is C25H18Cl3F9O2S. The minimum atomic E-state index is -5.04. The van der Waals surface area contributed by atoms with Crippen LogP contribution in [0.15, 0.2) is 36.4 Å². The highest BCUT2D eigenvalue weighted by atomic mass is 35.5. The molecule has 0 saturated carbocycles. The first-order chi connectivity index (χ1) is 18.3. The first-order valence-electron chi connectivity index (χ1n) is 11.2. The van der Waals surface area contributed by atoms with E-state index in [9.17, 15) is 44.3 Å². The lowest BCUT2D eigenvalue weighted by Crippen LogP contribution is -2.47. The Morgan fingerprint density at radius 2 is 1.57 bits per heavy atom. The van der Waals surface area contributed by atoms with Crippen LogP contribution in [-0.4, -0.2) is 41.8 Å². The van der Waals surface area contributed by atoms with Gasteiger partial charge in [0.1, 0.15) is 0 Å². The third-order valence-corrected chi connectivity index (χ3v) is 8.65. The molecule has 1 saturated heterocycles. The molecule has 1 heterocycles.